The quantitative estimate of drug-likeness (QED) is 0.385. The predicted octanol–water partition coefficient (Wildman–Crippen LogP) is 5.73. The fourth-order valence-corrected chi connectivity index (χ4v) is 4.63. The fourth-order valence-electron chi connectivity index (χ4n) is 2.77. The molecule has 0 spiro atoms. The summed E-state index contributed by atoms with van der Waals surface area (Å²) >= 11 is 7.69. The van der Waals surface area contributed by atoms with Crippen LogP contribution in [0, 0.1) is 0 Å². The van der Waals surface area contributed by atoms with Crippen LogP contribution in [0.2, 0.25) is 5.02 Å². The van der Waals surface area contributed by atoms with Gasteiger partial charge in [-0.15, -0.1) is 0 Å². The third-order valence-corrected chi connectivity index (χ3v) is 6.73. The van der Waals surface area contributed by atoms with Gasteiger partial charge >= 0.3 is 0 Å². The number of aromatic nitrogens is 1. The molecule has 0 saturated carbocycles. The first-order valence-corrected chi connectivity index (χ1v) is 11.8. The predicted molar refractivity (Wildman–Crippen MR) is 120 cm³/mol. The maximum atomic E-state index is 12.7. The van der Waals surface area contributed by atoms with Crippen LogP contribution in [-0.2, 0) is 16.6 Å². The molecule has 4 aromatic rings. The van der Waals surface area contributed by atoms with Crippen molar-refractivity contribution in [2.45, 2.75) is 11.4 Å². The normalized spacial score (nSPS) is 11.4. The van der Waals surface area contributed by atoms with Crippen molar-refractivity contribution in [1.82, 2.24) is 9.71 Å². The second-order valence-corrected chi connectivity index (χ2v) is 9.38. The number of para-hydroxylation sites is 1. The topological polar surface area (TPSA) is 68.3 Å². The fraction of sp³-hybridized carbons (Fsp3) is 0.0455. The Balaban J connectivity index is 1.44. The molecule has 2 aromatic carbocycles. The molecule has 30 heavy (non-hydrogen) atoms. The zero-order chi connectivity index (χ0) is 21.0. The molecule has 4 rings (SSSR count). The third-order valence-electron chi connectivity index (χ3n) is 4.31. The lowest BCUT2D eigenvalue weighted by atomic mass is 10.1. The minimum atomic E-state index is -3.68. The molecule has 1 N–H and O–H groups in total. The van der Waals surface area contributed by atoms with Gasteiger partial charge in [0.2, 0.25) is 10.0 Å². The molecule has 0 aliphatic carbocycles. The average Bonchev–Trinajstić information content (AvgIpc) is 3.30. The van der Waals surface area contributed by atoms with Gasteiger partial charge in [0.1, 0.15) is 11.5 Å². The van der Waals surface area contributed by atoms with Crippen LogP contribution in [0.15, 0.2) is 88.7 Å². The van der Waals surface area contributed by atoms with Crippen LogP contribution in [0.4, 0.5) is 0 Å². The van der Waals surface area contributed by atoms with Crippen LogP contribution in [0.25, 0.3) is 11.1 Å². The molecule has 0 aliphatic heterocycles. The summed E-state index contributed by atoms with van der Waals surface area (Å²) in [5.74, 6) is 1.00. The van der Waals surface area contributed by atoms with E-state index in [1.54, 1.807) is 48.0 Å². The van der Waals surface area contributed by atoms with Crippen LogP contribution < -0.4 is 9.46 Å². The highest BCUT2D eigenvalue weighted by atomic mass is 35.5. The molecule has 0 atom stereocenters. The molecule has 0 amide bonds. The number of benzene rings is 2. The lowest BCUT2D eigenvalue weighted by molar-refractivity contribution is 0.482. The van der Waals surface area contributed by atoms with Gasteiger partial charge in [-0.3, -0.25) is 4.98 Å². The molecule has 0 saturated heterocycles. The molecular formula is C22H17ClN2O3S2. The number of nitrogens with zero attached hydrogens (tertiary/aromatic N) is 1. The first kappa shape index (κ1) is 20.6. The number of nitrogens with one attached hydrogen (secondary N) is 1. The maximum absolute atomic E-state index is 12.7. The Morgan fingerprint density at radius 2 is 1.80 bits per heavy atom. The highest BCUT2D eigenvalue weighted by molar-refractivity contribution is 7.89. The van der Waals surface area contributed by atoms with Gasteiger partial charge in [0.15, 0.2) is 0 Å². The first-order valence-electron chi connectivity index (χ1n) is 9.00. The van der Waals surface area contributed by atoms with Crippen molar-refractivity contribution in [1.29, 1.82) is 0 Å². The average molecular weight is 457 g/mol. The number of rotatable bonds is 7. The number of ether oxygens (including phenoxy) is 1. The van der Waals surface area contributed by atoms with E-state index in [9.17, 15) is 8.42 Å². The molecule has 0 aliphatic rings. The molecule has 5 nitrogen and oxygen atoms in total. The van der Waals surface area contributed by atoms with Crippen molar-refractivity contribution in [3.8, 4) is 22.6 Å². The highest BCUT2D eigenvalue weighted by Gasteiger charge is 2.14. The van der Waals surface area contributed by atoms with Gasteiger partial charge in [-0.05, 0) is 70.4 Å². The Bertz CT molecular complexity index is 1240. The minimum Gasteiger partial charge on any atom is -0.456 e. The largest absolute Gasteiger partial charge is 0.456 e. The van der Waals surface area contributed by atoms with Gasteiger partial charge in [-0.1, -0.05) is 23.7 Å². The van der Waals surface area contributed by atoms with E-state index in [-0.39, 0.29) is 11.4 Å². The smallest absolute Gasteiger partial charge is 0.240 e. The van der Waals surface area contributed by atoms with Crippen molar-refractivity contribution in [2.75, 3.05) is 0 Å². The van der Waals surface area contributed by atoms with Crippen molar-refractivity contribution in [3.63, 3.8) is 0 Å². The van der Waals surface area contributed by atoms with E-state index >= 15 is 0 Å². The molecule has 0 bridgehead atoms. The number of hydrogen-bond acceptors (Lipinski definition) is 5. The second-order valence-electron chi connectivity index (χ2n) is 6.42. The van der Waals surface area contributed by atoms with Crippen LogP contribution in [0.3, 0.4) is 0 Å². The van der Waals surface area contributed by atoms with Crippen molar-refractivity contribution in [2.24, 2.45) is 0 Å². The molecule has 0 radical (unpaired) electrons. The monoisotopic (exact) mass is 456 g/mol. The Morgan fingerprint density at radius 3 is 2.53 bits per heavy atom. The highest BCUT2D eigenvalue weighted by Crippen LogP contribution is 2.29. The number of thiophene rings is 1. The van der Waals surface area contributed by atoms with E-state index in [1.807, 2.05) is 35.0 Å². The Hall–Kier alpha value is -2.71. The van der Waals surface area contributed by atoms with Crippen LogP contribution in [0.1, 0.15) is 5.56 Å². The summed E-state index contributed by atoms with van der Waals surface area (Å²) in [6, 6.07) is 17.2. The zero-order valence-electron chi connectivity index (χ0n) is 15.7. The van der Waals surface area contributed by atoms with E-state index in [0.717, 1.165) is 16.7 Å². The van der Waals surface area contributed by atoms with Gasteiger partial charge in [0.25, 0.3) is 0 Å². The van der Waals surface area contributed by atoms with E-state index < -0.39 is 10.0 Å². The molecule has 8 heteroatoms. The maximum Gasteiger partial charge on any atom is 0.240 e. The van der Waals surface area contributed by atoms with E-state index in [2.05, 4.69) is 9.71 Å². The molecule has 0 unspecified atom stereocenters. The van der Waals surface area contributed by atoms with Gasteiger partial charge in [0, 0.05) is 24.5 Å². The van der Waals surface area contributed by atoms with E-state index in [0.29, 0.717) is 16.5 Å². The van der Waals surface area contributed by atoms with Gasteiger partial charge in [0.05, 0.1) is 9.92 Å². The zero-order valence-corrected chi connectivity index (χ0v) is 18.0. The summed E-state index contributed by atoms with van der Waals surface area (Å²) < 4.78 is 33.6. The Kier molecular flexibility index (Phi) is 6.15. The summed E-state index contributed by atoms with van der Waals surface area (Å²) in [6.45, 7) is 0.144. The summed E-state index contributed by atoms with van der Waals surface area (Å²) in [6.07, 6.45) is 3.41. The Morgan fingerprint density at radius 1 is 1.00 bits per heavy atom. The van der Waals surface area contributed by atoms with Gasteiger partial charge in [-0.2, -0.15) is 11.3 Å². The summed E-state index contributed by atoms with van der Waals surface area (Å²) in [4.78, 5) is 4.36. The number of pyridine rings is 1. The van der Waals surface area contributed by atoms with Crippen LogP contribution >= 0.6 is 22.9 Å². The number of sulfonamides is 1. The first-order chi connectivity index (χ1) is 14.5. The summed E-state index contributed by atoms with van der Waals surface area (Å²) in [5, 5.41) is 4.50. The van der Waals surface area contributed by atoms with Crippen molar-refractivity contribution in [3.05, 3.63) is 94.4 Å². The molecule has 2 heterocycles. The second kappa shape index (κ2) is 8.97. The summed E-state index contributed by atoms with van der Waals surface area (Å²) in [5.41, 5.74) is 2.79. The number of hydrogen-bond donors (Lipinski definition) is 1. The molecule has 2 aromatic heterocycles. The van der Waals surface area contributed by atoms with E-state index in [4.69, 9.17) is 16.3 Å². The van der Waals surface area contributed by atoms with Crippen LogP contribution in [-0.4, -0.2) is 13.4 Å². The third kappa shape index (κ3) is 4.88. The van der Waals surface area contributed by atoms with Crippen molar-refractivity contribution >= 4 is 33.0 Å². The Labute approximate surface area is 184 Å². The summed E-state index contributed by atoms with van der Waals surface area (Å²) in [7, 11) is -3.68. The SMILES string of the molecule is O=S(=O)(NCc1cncc(-c2ccsc2)c1)c1ccc(Oc2ccccc2Cl)cc1. The van der Waals surface area contributed by atoms with Crippen molar-refractivity contribution < 1.29 is 13.2 Å². The number of halogens is 1. The standard InChI is InChI=1S/C22H17ClN2O3S2/c23-21-3-1-2-4-22(21)28-19-5-7-20(8-6-19)30(26,27)25-13-16-11-18(14-24-12-16)17-9-10-29-15-17/h1-12,14-15,25H,13H2. The lowest BCUT2D eigenvalue weighted by Crippen LogP contribution is -2.23. The van der Waals surface area contributed by atoms with Crippen LogP contribution in [0.5, 0.6) is 11.5 Å². The lowest BCUT2D eigenvalue weighted by Gasteiger charge is -2.10. The van der Waals surface area contributed by atoms with Gasteiger partial charge in [-0.25, -0.2) is 13.1 Å². The van der Waals surface area contributed by atoms with E-state index in [1.165, 1.54) is 12.1 Å². The minimum absolute atomic E-state index is 0.144. The van der Waals surface area contributed by atoms with Gasteiger partial charge < -0.3 is 4.74 Å². The molecular weight excluding hydrogens is 440 g/mol. The molecule has 0 fully saturated rings. The molecule has 152 valence electrons.